The minimum absolute atomic E-state index is 0.210. The lowest BCUT2D eigenvalue weighted by molar-refractivity contribution is -0.118. The minimum Gasteiger partial charge on any atom is -0.380 e. The number of hydrogen-bond acceptors (Lipinski definition) is 3. The summed E-state index contributed by atoms with van der Waals surface area (Å²) in [5.74, 6) is 1.10. The zero-order chi connectivity index (χ0) is 13.1. The van der Waals surface area contributed by atoms with Crippen LogP contribution in [-0.4, -0.2) is 43.5 Å². The van der Waals surface area contributed by atoms with Gasteiger partial charge in [-0.15, -0.1) is 0 Å². The van der Waals surface area contributed by atoms with E-state index < -0.39 is 0 Å². The Morgan fingerprint density at radius 1 is 1.24 bits per heavy atom. The van der Waals surface area contributed by atoms with Gasteiger partial charge < -0.3 is 9.64 Å². The SMILES string of the molecule is CC.CC(=O)CCOCCN1CCC(C)CC1. The third-order valence-corrected chi connectivity index (χ3v) is 3.03. The van der Waals surface area contributed by atoms with Gasteiger partial charge in [0.2, 0.25) is 0 Å². The van der Waals surface area contributed by atoms with E-state index in [2.05, 4.69) is 11.8 Å². The van der Waals surface area contributed by atoms with E-state index in [9.17, 15) is 4.79 Å². The smallest absolute Gasteiger partial charge is 0.132 e. The molecular weight excluding hydrogens is 214 g/mol. The van der Waals surface area contributed by atoms with Crippen molar-refractivity contribution in [3.8, 4) is 0 Å². The number of ether oxygens (including phenoxy) is 1. The highest BCUT2D eigenvalue weighted by atomic mass is 16.5. The van der Waals surface area contributed by atoms with Crippen molar-refractivity contribution in [3.63, 3.8) is 0 Å². The first-order valence-corrected chi connectivity index (χ1v) is 6.98. The summed E-state index contributed by atoms with van der Waals surface area (Å²) in [6.07, 6.45) is 3.18. The molecule has 102 valence electrons. The molecule has 3 heteroatoms. The van der Waals surface area contributed by atoms with E-state index in [0.717, 1.165) is 19.1 Å². The van der Waals surface area contributed by atoms with Crippen molar-refractivity contribution in [2.75, 3.05) is 32.8 Å². The van der Waals surface area contributed by atoms with Gasteiger partial charge in [0.05, 0.1) is 13.2 Å². The average molecular weight is 243 g/mol. The number of ketones is 1. The molecule has 0 aliphatic carbocycles. The molecule has 0 aromatic carbocycles. The van der Waals surface area contributed by atoms with Crippen LogP contribution in [0.25, 0.3) is 0 Å². The third kappa shape index (κ3) is 9.31. The summed E-state index contributed by atoms with van der Waals surface area (Å²) >= 11 is 0. The Bertz CT molecular complexity index is 187. The molecule has 1 heterocycles. The Hall–Kier alpha value is -0.410. The van der Waals surface area contributed by atoms with Crippen LogP contribution >= 0.6 is 0 Å². The van der Waals surface area contributed by atoms with Gasteiger partial charge in [-0.05, 0) is 38.8 Å². The van der Waals surface area contributed by atoms with Crippen molar-refractivity contribution in [1.82, 2.24) is 4.90 Å². The maximum atomic E-state index is 10.7. The van der Waals surface area contributed by atoms with Gasteiger partial charge in [-0.1, -0.05) is 20.8 Å². The molecule has 3 nitrogen and oxygen atoms in total. The number of carbonyl (C=O) groups excluding carboxylic acids is 1. The number of piperidine rings is 1. The Labute approximate surface area is 107 Å². The van der Waals surface area contributed by atoms with Crippen molar-refractivity contribution in [3.05, 3.63) is 0 Å². The Morgan fingerprint density at radius 2 is 1.82 bits per heavy atom. The molecule has 1 saturated heterocycles. The Morgan fingerprint density at radius 3 is 2.35 bits per heavy atom. The number of carbonyl (C=O) groups is 1. The first-order valence-electron chi connectivity index (χ1n) is 6.98. The summed E-state index contributed by atoms with van der Waals surface area (Å²) in [7, 11) is 0. The van der Waals surface area contributed by atoms with Crippen LogP contribution in [0.3, 0.4) is 0 Å². The van der Waals surface area contributed by atoms with Crippen LogP contribution in [0, 0.1) is 5.92 Å². The average Bonchev–Trinajstić information content (AvgIpc) is 2.33. The Kier molecular flexibility index (Phi) is 10.5. The number of Topliss-reactive ketones (excluding diaryl/α,β-unsaturated/α-hetero) is 1. The molecule has 0 spiro atoms. The summed E-state index contributed by atoms with van der Waals surface area (Å²) in [5.41, 5.74) is 0. The quantitative estimate of drug-likeness (QED) is 0.672. The highest BCUT2D eigenvalue weighted by Crippen LogP contribution is 2.15. The van der Waals surface area contributed by atoms with Crippen molar-refractivity contribution in [2.24, 2.45) is 5.92 Å². The van der Waals surface area contributed by atoms with E-state index in [4.69, 9.17) is 4.74 Å². The van der Waals surface area contributed by atoms with Crippen molar-refractivity contribution >= 4 is 5.78 Å². The molecular formula is C14H29NO2. The van der Waals surface area contributed by atoms with Gasteiger partial charge in [0, 0.05) is 13.0 Å². The number of nitrogens with zero attached hydrogens (tertiary/aromatic N) is 1. The zero-order valence-electron chi connectivity index (χ0n) is 12.0. The van der Waals surface area contributed by atoms with Crippen molar-refractivity contribution in [1.29, 1.82) is 0 Å². The van der Waals surface area contributed by atoms with Gasteiger partial charge in [0.25, 0.3) is 0 Å². The van der Waals surface area contributed by atoms with Crippen LogP contribution in [0.15, 0.2) is 0 Å². The van der Waals surface area contributed by atoms with E-state index in [1.165, 1.54) is 25.9 Å². The van der Waals surface area contributed by atoms with Crippen LogP contribution in [0.2, 0.25) is 0 Å². The van der Waals surface area contributed by atoms with Gasteiger partial charge in [0.1, 0.15) is 5.78 Å². The van der Waals surface area contributed by atoms with Gasteiger partial charge in [-0.2, -0.15) is 0 Å². The van der Waals surface area contributed by atoms with Crippen molar-refractivity contribution < 1.29 is 9.53 Å². The number of likely N-dealkylation sites (tertiary alicyclic amines) is 1. The van der Waals surface area contributed by atoms with E-state index in [1.807, 2.05) is 13.8 Å². The molecule has 0 unspecified atom stereocenters. The molecule has 0 saturated carbocycles. The topological polar surface area (TPSA) is 29.5 Å². The lowest BCUT2D eigenvalue weighted by Crippen LogP contribution is -2.35. The fourth-order valence-electron chi connectivity index (χ4n) is 1.80. The molecule has 0 atom stereocenters. The van der Waals surface area contributed by atoms with Crippen molar-refractivity contribution in [2.45, 2.75) is 47.0 Å². The highest BCUT2D eigenvalue weighted by molar-refractivity contribution is 5.75. The number of rotatable bonds is 6. The largest absolute Gasteiger partial charge is 0.380 e. The molecule has 0 amide bonds. The van der Waals surface area contributed by atoms with E-state index in [0.29, 0.717) is 13.0 Å². The molecule has 17 heavy (non-hydrogen) atoms. The van der Waals surface area contributed by atoms with Gasteiger partial charge >= 0.3 is 0 Å². The predicted molar refractivity (Wildman–Crippen MR) is 72.3 cm³/mol. The van der Waals surface area contributed by atoms with Crippen LogP contribution in [-0.2, 0) is 9.53 Å². The lowest BCUT2D eigenvalue weighted by atomic mass is 9.99. The fraction of sp³-hybridized carbons (Fsp3) is 0.929. The van der Waals surface area contributed by atoms with E-state index in [1.54, 1.807) is 6.92 Å². The van der Waals surface area contributed by atoms with E-state index >= 15 is 0 Å². The summed E-state index contributed by atoms with van der Waals surface area (Å²) in [6, 6.07) is 0. The predicted octanol–water partition coefficient (Wildman–Crippen LogP) is 2.74. The third-order valence-electron chi connectivity index (χ3n) is 3.03. The molecule has 1 rings (SSSR count). The first kappa shape index (κ1) is 16.6. The fourth-order valence-corrected chi connectivity index (χ4v) is 1.80. The summed E-state index contributed by atoms with van der Waals surface area (Å²) in [6.45, 7) is 12.7. The number of hydrogen-bond donors (Lipinski definition) is 0. The molecule has 0 bridgehead atoms. The molecule has 1 aliphatic rings. The summed E-state index contributed by atoms with van der Waals surface area (Å²) < 4.78 is 5.41. The molecule has 0 N–H and O–H groups in total. The second-order valence-corrected chi connectivity index (χ2v) is 4.59. The lowest BCUT2D eigenvalue weighted by Gasteiger charge is -2.29. The zero-order valence-corrected chi connectivity index (χ0v) is 12.0. The van der Waals surface area contributed by atoms with Gasteiger partial charge in [-0.25, -0.2) is 0 Å². The molecule has 1 aliphatic heterocycles. The summed E-state index contributed by atoms with van der Waals surface area (Å²) in [5, 5.41) is 0. The first-order chi connectivity index (χ1) is 8.18. The normalized spacial score (nSPS) is 17.4. The molecule has 0 aromatic rings. The van der Waals surface area contributed by atoms with Gasteiger partial charge in [-0.3, -0.25) is 4.79 Å². The van der Waals surface area contributed by atoms with Gasteiger partial charge in [0.15, 0.2) is 0 Å². The standard InChI is InChI=1S/C12H23NO2.C2H6/c1-11-3-6-13(7-4-11)8-10-15-9-5-12(2)14;1-2/h11H,3-10H2,1-2H3;1-2H3. The van der Waals surface area contributed by atoms with Crippen LogP contribution in [0.4, 0.5) is 0 Å². The van der Waals surface area contributed by atoms with Crippen LogP contribution < -0.4 is 0 Å². The van der Waals surface area contributed by atoms with Crippen LogP contribution in [0.5, 0.6) is 0 Å². The Balaban J connectivity index is 0.00000121. The molecule has 0 aromatic heterocycles. The summed E-state index contributed by atoms with van der Waals surface area (Å²) in [4.78, 5) is 13.1. The second kappa shape index (κ2) is 10.7. The minimum atomic E-state index is 0.210. The molecule has 0 radical (unpaired) electrons. The molecule has 1 fully saturated rings. The highest BCUT2D eigenvalue weighted by Gasteiger charge is 2.14. The van der Waals surface area contributed by atoms with Crippen LogP contribution in [0.1, 0.15) is 47.0 Å². The maximum Gasteiger partial charge on any atom is 0.132 e. The monoisotopic (exact) mass is 243 g/mol. The second-order valence-electron chi connectivity index (χ2n) is 4.59. The maximum absolute atomic E-state index is 10.7. The van der Waals surface area contributed by atoms with E-state index in [-0.39, 0.29) is 5.78 Å².